The second kappa shape index (κ2) is 10.2. The van der Waals surface area contributed by atoms with Crippen LogP contribution in [0.15, 0.2) is 78.0 Å². The van der Waals surface area contributed by atoms with Crippen molar-refractivity contribution in [1.29, 1.82) is 0 Å². The molecule has 0 aliphatic rings. The molecule has 3 aromatic rings. The Kier molecular flexibility index (Phi) is 7.46. The molecule has 0 bridgehead atoms. The number of pyridine rings is 1. The van der Waals surface area contributed by atoms with Crippen LogP contribution in [0, 0.1) is 0 Å². The molecule has 0 aliphatic heterocycles. The van der Waals surface area contributed by atoms with Gasteiger partial charge < -0.3 is 10.1 Å². The van der Waals surface area contributed by atoms with E-state index in [4.69, 9.17) is 16.3 Å². The zero-order chi connectivity index (χ0) is 20.5. The molecule has 0 fully saturated rings. The minimum Gasteiger partial charge on any atom is -0.492 e. The second-order valence-electron chi connectivity index (χ2n) is 6.27. The van der Waals surface area contributed by atoms with Gasteiger partial charge >= 0.3 is 0 Å². The lowest BCUT2D eigenvalue weighted by Gasteiger charge is -2.10. The molecule has 29 heavy (non-hydrogen) atoms. The number of hydrogen-bond acceptors (Lipinski definition) is 5. The van der Waals surface area contributed by atoms with E-state index in [0.717, 1.165) is 17.0 Å². The Hall–Kier alpha value is -2.61. The lowest BCUT2D eigenvalue weighted by molar-refractivity contribution is 0.332. The maximum Gasteiger partial charge on any atom is 0.240 e. The van der Waals surface area contributed by atoms with Crippen molar-refractivity contribution >= 4 is 27.3 Å². The first kappa shape index (κ1) is 21.1. The molecule has 6 nitrogen and oxygen atoms in total. The van der Waals surface area contributed by atoms with Crippen molar-refractivity contribution in [3.63, 3.8) is 0 Å². The summed E-state index contributed by atoms with van der Waals surface area (Å²) in [5.74, 6) is 0.746. The van der Waals surface area contributed by atoms with E-state index in [1.807, 2.05) is 36.4 Å². The smallest absolute Gasteiger partial charge is 0.240 e. The maximum atomic E-state index is 12.3. The summed E-state index contributed by atoms with van der Waals surface area (Å²) in [7, 11) is -3.55. The van der Waals surface area contributed by atoms with E-state index in [0.29, 0.717) is 24.6 Å². The number of benzene rings is 2. The first-order valence-electron chi connectivity index (χ1n) is 9.14. The summed E-state index contributed by atoms with van der Waals surface area (Å²) in [6.45, 7) is 1.44. The van der Waals surface area contributed by atoms with Crippen LogP contribution in [0.2, 0.25) is 5.02 Å². The number of nitrogens with one attached hydrogen (secondary N) is 2. The summed E-state index contributed by atoms with van der Waals surface area (Å²) in [4.78, 5) is 4.24. The highest BCUT2D eigenvalue weighted by Gasteiger charge is 2.13. The van der Waals surface area contributed by atoms with Crippen LogP contribution < -0.4 is 14.8 Å². The van der Waals surface area contributed by atoms with Gasteiger partial charge in [0.15, 0.2) is 0 Å². The van der Waals surface area contributed by atoms with Crippen LogP contribution >= 0.6 is 11.6 Å². The van der Waals surface area contributed by atoms with Gasteiger partial charge in [-0.1, -0.05) is 23.7 Å². The van der Waals surface area contributed by atoms with Crippen LogP contribution in [0.3, 0.4) is 0 Å². The fourth-order valence-electron chi connectivity index (χ4n) is 2.65. The lowest BCUT2D eigenvalue weighted by Crippen LogP contribution is -2.25. The van der Waals surface area contributed by atoms with Crippen molar-refractivity contribution in [3.8, 4) is 5.75 Å². The van der Waals surface area contributed by atoms with E-state index in [1.54, 1.807) is 24.5 Å². The number of halogens is 1. The van der Waals surface area contributed by atoms with Gasteiger partial charge in [-0.25, -0.2) is 13.1 Å². The van der Waals surface area contributed by atoms with Gasteiger partial charge in [0, 0.05) is 30.5 Å². The van der Waals surface area contributed by atoms with Crippen molar-refractivity contribution < 1.29 is 13.2 Å². The van der Waals surface area contributed by atoms with Gasteiger partial charge in [-0.15, -0.1) is 0 Å². The fraction of sp³-hybridized carbons (Fsp3) is 0.190. The molecule has 0 saturated carbocycles. The van der Waals surface area contributed by atoms with Crippen molar-refractivity contribution in [2.75, 3.05) is 25.0 Å². The highest BCUT2D eigenvalue weighted by atomic mass is 35.5. The molecule has 2 N–H and O–H groups in total. The number of hydrogen-bond donors (Lipinski definition) is 2. The average molecular weight is 432 g/mol. The topological polar surface area (TPSA) is 80.3 Å². The van der Waals surface area contributed by atoms with Gasteiger partial charge in [0.2, 0.25) is 10.0 Å². The Morgan fingerprint density at radius 2 is 1.83 bits per heavy atom. The van der Waals surface area contributed by atoms with Crippen LogP contribution in [0.4, 0.5) is 5.69 Å². The Morgan fingerprint density at radius 1 is 1.00 bits per heavy atom. The summed E-state index contributed by atoms with van der Waals surface area (Å²) < 4.78 is 33.0. The molecule has 2 aromatic carbocycles. The first-order chi connectivity index (χ1) is 14.0. The average Bonchev–Trinajstić information content (AvgIpc) is 2.73. The van der Waals surface area contributed by atoms with Crippen molar-refractivity contribution in [2.45, 2.75) is 11.3 Å². The third-order valence-electron chi connectivity index (χ3n) is 4.09. The second-order valence-corrected chi connectivity index (χ2v) is 8.47. The van der Waals surface area contributed by atoms with Gasteiger partial charge in [0.05, 0.1) is 10.6 Å². The van der Waals surface area contributed by atoms with Gasteiger partial charge in [0.25, 0.3) is 0 Å². The zero-order valence-corrected chi connectivity index (χ0v) is 17.3. The third-order valence-corrected chi connectivity index (χ3v) is 5.82. The van der Waals surface area contributed by atoms with E-state index in [1.165, 1.54) is 12.1 Å². The number of rotatable bonds is 10. The number of aromatic nitrogens is 1. The first-order valence-corrected chi connectivity index (χ1v) is 11.0. The number of ether oxygens (including phenoxy) is 1. The predicted octanol–water partition coefficient (Wildman–Crippen LogP) is 3.75. The minimum absolute atomic E-state index is 0.195. The molecular weight excluding hydrogens is 410 g/mol. The minimum atomic E-state index is -3.55. The number of nitrogens with zero attached hydrogens (tertiary/aromatic N) is 1. The van der Waals surface area contributed by atoms with E-state index in [2.05, 4.69) is 15.0 Å². The van der Waals surface area contributed by atoms with Crippen LogP contribution in [-0.2, 0) is 16.4 Å². The van der Waals surface area contributed by atoms with E-state index in [9.17, 15) is 8.42 Å². The molecule has 0 saturated heterocycles. The largest absolute Gasteiger partial charge is 0.492 e. The van der Waals surface area contributed by atoms with E-state index < -0.39 is 10.0 Å². The molecule has 1 aromatic heterocycles. The molecule has 152 valence electrons. The normalized spacial score (nSPS) is 11.2. The fourth-order valence-corrected chi connectivity index (χ4v) is 3.81. The SMILES string of the molecule is O=S(=O)(NCCc1cccc(OCCNc2cccnc2)c1)c1ccc(Cl)cc1. The molecular formula is C21H22ClN3O3S. The summed E-state index contributed by atoms with van der Waals surface area (Å²) in [6, 6.07) is 17.5. The van der Waals surface area contributed by atoms with Gasteiger partial charge in [-0.3, -0.25) is 4.98 Å². The Morgan fingerprint density at radius 3 is 2.59 bits per heavy atom. The van der Waals surface area contributed by atoms with Crippen molar-refractivity contribution in [2.24, 2.45) is 0 Å². The Balaban J connectivity index is 1.45. The predicted molar refractivity (Wildman–Crippen MR) is 115 cm³/mol. The molecule has 8 heteroatoms. The van der Waals surface area contributed by atoms with Crippen LogP contribution in [0.25, 0.3) is 0 Å². The van der Waals surface area contributed by atoms with Crippen molar-refractivity contribution in [3.05, 3.63) is 83.6 Å². The van der Waals surface area contributed by atoms with Crippen LogP contribution in [-0.4, -0.2) is 33.1 Å². The third kappa shape index (κ3) is 6.74. The molecule has 0 amide bonds. The maximum absolute atomic E-state index is 12.3. The Labute approximate surface area is 176 Å². The highest BCUT2D eigenvalue weighted by Crippen LogP contribution is 2.15. The molecule has 0 atom stereocenters. The summed E-state index contributed by atoms with van der Waals surface area (Å²) in [5, 5.41) is 3.72. The summed E-state index contributed by atoms with van der Waals surface area (Å²) >= 11 is 5.80. The van der Waals surface area contributed by atoms with Crippen LogP contribution in [0.1, 0.15) is 5.56 Å². The summed E-state index contributed by atoms with van der Waals surface area (Å²) in [6.07, 6.45) is 4.03. The molecule has 1 heterocycles. The number of sulfonamides is 1. The number of anilines is 1. The monoisotopic (exact) mass is 431 g/mol. The molecule has 0 aliphatic carbocycles. The summed E-state index contributed by atoms with van der Waals surface area (Å²) in [5.41, 5.74) is 1.93. The molecule has 0 radical (unpaired) electrons. The van der Waals surface area contributed by atoms with Gasteiger partial charge in [0.1, 0.15) is 12.4 Å². The van der Waals surface area contributed by atoms with E-state index in [-0.39, 0.29) is 11.4 Å². The van der Waals surface area contributed by atoms with Crippen LogP contribution in [0.5, 0.6) is 5.75 Å². The lowest BCUT2D eigenvalue weighted by atomic mass is 10.1. The molecule has 0 unspecified atom stereocenters. The zero-order valence-electron chi connectivity index (χ0n) is 15.7. The van der Waals surface area contributed by atoms with Crippen molar-refractivity contribution in [1.82, 2.24) is 9.71 Å². The quantitative estimate of drug-likeness (QED) is 0.478. The molecule has 3 rings (SSSR count). The Bertz CT molecular complexity index is 1010. The standard InChI is InChI=1S/C21H22ClN3O3S/c22-18-6-8-21(9-7-18)29(26,27)25-12-10-17-3-1-5-20(15-17)28-14-13-24-19-4-2-11-23-16-19/h1-9,11,15-16,24-25H,10,12-14H2. The van der Waals surface area contributed by atoms with Gasteiger partial charge in [-0.05, 0) is 60.5 Å². The molecule has 0 spiro atoms. The highest BCUT2D eigenvalue weighted by molar-refractivity contribution is 7.89. The van der Waals surface area contributed by atoms with E-state index >= 15 is 0 Å². The van der Waals surface area contributed by atoms with Gasteiger partial charge in [-0.2, -0.15) is 0 Å².